The van der Waals surface area contributed by atoms with Crippen LogP contribution in [-0.4, -0.2) is 83.2 Å². The van der Waals surface area contributed by atoms with E-state index in [4.69, 9.17) is 18.9 Å². The number of amides is 2. The van der Waals surface area contributed by atoms with E-state index in [1.807, 2.05) is 0 Å². The van der Waals surface area contributed by atoms with E-state index < -0.39 is 0 Å². The molecule has 2 aliphatic rings. The number of anilines is 1. The summed E-state index contributed by atoms with van der Waals surface area (Å²) in [4.78, 5) is 33.9. The summed E-state index contributed by atoms with van der Waals surface area (Å²) >= 11 is 2.94. The summed E-state index contributed by atoms with van der Waals surface area (Å²) in [5.74, 6) is 1.37. The number of ether oxygens (including phenoxy) is 4. The van der Waals surface area contributed by atoms with Crippen molar-refractivity contribution in [1.82, 2.24) is 30.9 Å². The molecule has 1 aliphatic heterocycles. The number of hydrazone groups is 1. The molecule has 3 aromatic rings. The van der Waals surface area contributed by atoms with E-state index in [9.17, 15) is 9.59 Å². The maximum atomic E-state index is 12.7. The Morgan fingerprint density at radius 3 is 2.15 bits per heavy atom. The molecule has 2 amide bonds. The Labute approximate surface area is 275 Å². The first-order chi connectivity index (χ1) is 22.5. The molecule has 1 aliphatic carbocycles. The smallest absolute Gasteiger partial charge is 0.232 e. The van der Waals surface area contributed by atoms with Gasteiger partial charge in [-0.3, -0.25) is 25.0 Å². The van der Waals surface area contributed by atoms with E-state index >= 15 is 0 Å². The Kier molecular flexibility index (Phi) is 12.5. The lowest BCUT2D eigenvalue weighted by Crippen LogP contribution is -2.39. The van der Waals surface area contributed by atoms with E-state index in [1.54, 1.807) is 50.9 Å². The molecule has 0 bridgehead atoms. The van der Waals surface area contributed by atoms with Crippen LogP contribution in [0.2, 0.25) is 0 Å². The molecule has 0 radical (unpaired) electrons. The van der Waals surface area contributed by atoms with Crippen molar-refractivity contribution in [3.05, 3.63) is 53.1 Å². The maximum absolute atomic E-state index is 12.7. The van der Waals surface area contributed by atoms with Crippen LogP contribution in [0, 0.1) is 5.92 Å². The number of hydrogen-bond donors (Lipinski definition) is 3. The van der Waals surface area contributed by atoms with Crippen LogP contribution in [0.3, 0.4) is 0 Å². The van der Waals surface area contributed by atoms with Crippen LogP contribution in [0.25, 0.3) is 0 Å². The summed E-state index contributed by atoms with van der Waals surface area (Å²) in [6, 6.07) is 7.12. The van der Waals surface area contributed by atoms with E-state index in [0.717, 1.165) is 35.7 Å². The first kappa shape index (κ1) is 33.5. The van der Waals surface area contributed by atoms with Crippen molar-refractivity contribution in [3.63, 3.8) is 0 Å². The second-order valence-electron chi connectivity index (χ2n) is 10.7. The van der Waals surface area contributed by atoms with Crippen molar-refractivity contribution in [3.8, 4) is 11.5 Å². The Morgan fingerprint density at radius 2 is 1.52 bits per heavy atom. The van der Waals surface area contributed by atoms with Crippen LogP contribution >= 0.6 is 23.1 Å². The number of carbonyl (C=O) groups is 2. The highest BCUT2D eigenvalue weighted by Crippen LogP contribution is 2.41. The second-order valence-corrected chi connectivity index (χ2v) is 12.8. The highest BCUT2D eigenvalue weighted by Gasteiger charge is 2.33. The zero-order valence-corrected chi connectivity index (χ0v) is 27.4. The van der Waals surface area contributed by atoms with Crippen LogP contribution in [0.15, 0.2) is 41.8 Å². The van der Waals surface area contributed by atoms with Gasteiger partial charge >= 0.3 is 0 Å². The van der Waals surface area contributed by atoms with Gasteiger partial charge in [-0.25, -0.2) is 0 Å². The number of hydrogen-bond acceptors (Lipinski definition) is 14. The fourth-order valence-corrected chi connectivity index (χ4v) is 6.97. The molecule has 3 unspecified atom stereocenters. The lowest BCUT2D eigenvalue weighted by molar-refractivity contribution is -0.120. The lowest BCUT2D eigenvalue weighted by Gasteiger charge is -2.27. The summed E-state index contributed by atoms with van der Waals surface area (Å²) in [6.07, 6.45) is 7.39. The molecule has 246 valence electrons. The van der Waals surface area contributed by atoms with Crippen LogP contribution in [0.4, 0.5) is 5.13 Å². The third-order valence-corrected chi connectivity index (χ3v) is 9.40. The van der Waals surface area contributed by atoms with Crippen LogP contribution in [-0.2, 0) is 31.9 Å². The van der Waals surface area contributed by atoms with Gasteiger partial charge in [-0.15, -0.1) is 10.2 Å². The minimum atomic E-state index is -0.336. The summed E-state index contributed by atoms with van der Waals surface area (Å²) in [5.41, 5.74) is 3.99. The number of nitrogens with one attached hydrogen (secondary N) is 3. The number of methoxy groups -OCH3 is 2. The van der Waals surface area contributed by atoms with Crippen LogP contribution in [0.5, 0.6) is 11.5 Å². The number of thioether (sulfide) groups is 1. The number of nitrogens with zero attached hydrogens (tertiary/aromatic N) is 5. The van der Waals surface area contributed by atoms with Gasteiger partial charge in [0.25, 0.3) is 0 Å². The van der Waals surface area contributed by atoms with E-state index in [2.05, 4.69) is 41.3 Å². The molecule has 16 heteroatoms. The van der Waals surface area contributed by atoms with E-state index in [1.165, 1.54) is 23.1 Å². The molecule has 0 aromatic carbocycles. The van der Waals surface area contributed by atoms with Crippen molar-refractivity contribution < 1.29 is 28.5 Å². The topological polar surface area (TPSA) is 171 Å². The molecule has 1 fully saturated rings. The molecular weight excluding hydrogens is 633 g/mol. The maximum Gasteiger partial charge on any atom is 0.232 e. The molecule has 1 saturated carbocycles. The molecule has 3 atom stereocenters. The molecule has 3 N–H and O–H groups in total. The molecule has 4 heterocycles. The normalized spacial score (nSPS) is 19.2. The second kappa shape index (κ2) is 17.2. The highest BCUT2D eigenvalue weighted by molar-refractivity contribution is 8.14. The molecule has 0 saturated heterocycles. The Hall–Kier alpha value is -3.86. The van der Waals surface area contributed by atoms with Gasteiger partial charge < -0.3 is 29.6 Å². The minimum Gasteiger partial charge on any atom is -0.490 e. The fraction of sp³-hybridized carbons (Fsp3) is 0.500. The first-order valence-corrected chi connectivity index (χ1v) is 16.7. The van der Waals surface area contributed by atoms with Gasteiger partial charge in [-0.05, 0) is 43.5 Å². The van der Waals surface area contributed by atoms with Crippen molar-refractivity contribution in [1.29, 1.82) is 0 Å². The number of rotatable bonds is 16. The van der Waals surface area contributed by atoms with Gasteiger partial charge in [0.05, 0.1) is 38.4 Å². The summed E-state index contributed by atoms with van der Waals surface area (Å²) in [5, 5.41) is 21.4. The zero-order valence-electron chi connectivity index (χ0n) is 25.8. The average molecular weight is 671 g/mol. The number of carbonyl (C=O) groups excluding carboxylic acids is 2. The fourth-order valence-electron chi connectivity index (χ4n) is 5.01. The molecule has 3 aromatic heterocycles. The van der Waals surface area contributed by atoms with E-state index in [0.29, 0.717) is 54.4 Å². The molecule has 5 rings (SSSR count). The van der Waals surface area contributed by atoms with E-state index in [-0.39, 0.29) is 42.0 Å². The first-order valence-electron chi connectivity index (χ1n) is 15.0. The van der Waals surface area contributed by atoms with Crippen molar-refractivity contribution >= 4 is 45.1 Å². The van der Waals surface area contributed by atoms with Crippen molar-refractivity contribution in [2.45, 2.75) is 49.9 Å². The summed E-state index contributed by atoms with van der Waals surface area (Å²) < 4.78 is 21.0. The Balaban J connectivity index is 1.04. The standard InChI is InChI=1S/C30H38N8O6S2/c1-41-10-12-43-23-8-6-21(31-17-23)15-25(39)33-29-37-35-27(45-29)19-4-3-5-20(14-19)28-36-38-30(46-28)34-26(40)16-22-7-9-24(18-32-22)44-13-11-42-2/h6-9,17-20,29,37H,3-5,10-16H2,1-2H3,(H,33,39)(H,34,38,40). The zero-order chi connectivity index (χ0) is 32.1. The monoisotopic (exact) mass is 670 g/mol. The highest BCUT2D eigenvalue weighted by atomic mass is 32.2. The predicted octanol–water partition coefficient (Wildman–Crippen LogP) is 3.13. The number of aromatic nitrogens is 4. The Bertz CT molecular complexity index is 1460. The van der Waals surface area contributed by atoms with Crippen molar-refractivity contribution in [2.75, 3.05) is 46.0 Å². The van der Waals surface area contributed by atoms with Gasteiger partial charge in [0.1, 0.15) is 34.8 Å². The van der Waals surface area contributed by atoms with Crippen LogP contribution in [0.1, 0.15) is 48.0 Å². The predicted molar refractivity (Wildman–Crippen MR) is 174 cm³/mol. The van der Waals surface area contributed by atoms with Crippen molar-refractivity contribution in [2.24, 2.45) is 11.0 Å². The van der Waals surface area contributed by atoms with Gasteiger partial charge in [0, 0.05) is 37.4 Å². The third-order valence-electron chi connectivity index (χ3n) is 7.27. The quantitative estimate of drug-likeness (QED) is 0.191. The van der Waals surface area contributed by atoms with Gasteiger partial charge in [-0.2, -0.15) is 5.10 Å². The van der Waals surface area contributed by atoms with Crippen LogP contribution < -0.4 is 25.5 Å². The molecular formula is C30H38N8O6S2. The largest absolute Gasteiger partial charge is 0.490 e. The van der Waals surface area contributed by atoms with Gasteiger partial charge in [0.15, 0.2) is 5.50 Å². The third kappa shape index (κ3) is 10.1. The summed E-state index contributed by atoms with van der Waals surface area (Å²) in [7, 11) is 3.23. The molecule has 0 spiro atoms. The lowest BCUT2D eigenvalue weighted by atomic mass is 9.82. The Morgan fingerprint density at radius 1 is 0.870 bits per heavy atom. The SMILES string of the molecule is COCCOc1ccc(CC(=O)Nc2nnc(C3CCCC(C4=NNC(NC(=O)Cc5ccc(OCCOC)cn5)S4)C3)s2)nc1. The average Bonchev–Trinajstić information content (AvgIpc) is 3.73. The summed E-state index contributed by atoms with van der Waals surface area (Å²) in [6.45, 7) is 1.86. The number of pyridine rings is 2. The molecule has 14 nitrogen and oxygen atoms in total. The van der Waals surface area contributed by atoms with Gasteiger partial charge in [0.2, 0.25) is 16.9 Å². The minimum absolute atomic E-state index is 0.119. The molecule has 46 heavy (non-hydrogen) atoms. The van der Waals surface area contributed by atoms with Gasteiger partial charge in [-0.1, -0.05) is 29.5 Å².